The Kier molecular flexibility index (Phi) is 6.77. The molecule has 0 bridgehead atoms. The third-order valence-electron chi connectivity index (χ3n) is 2.81. The van der Waals surface area contributed by atoms with Gasteiger partial charge in [0.2, 0.25) is 0 Å². The zero-order valence-electron chi connectivity index (χ0n) is 10.9. The molecule has 0 aliphatic heterocycles. The molecule has 0 saturated heterocycles. The molecule has 0 aliphatic rings. The van der Waals surface area contributed by atoms with Crippen molar-refractivity contribution in [1.29, 1.82) is 0 Å². The minimum absolute atomic E-state index is 0.489. The summed E-state index contributed by atoms with van der Waals surface area (Å²) in [5, 5.41) is 7.73. The summed E-state index contributed by atoms with van der Waals surface area (Å²) in [6.45, 7) is 7.94. The zero-order chi connectivity index (χ0) is 12.7. The lowest BCUT2D eigenvalue weighted by atomic mass is 10.0. The summed E-state index contributed by atoms with van der Waals surface area (Å²) >= 11 is 3.57. The lowest BCUT2D eigenvalue weighted by molar-refractivity contribution is 0.182. The van der Waals surface area contributed by atoms with Crippen molar-refractivity contribution < 1.29 is 4.74 Å². The molecular weight excluding hydrogens is 282 g/mol. The molecule has 17 heavy (non-hydrogen) atoms. The van der Waals surface area contributed by atoms with Gasteiger partial charge in [0.05, 0.1) is 29.5 Å². The Hall–Kier alpha value is -0.390. The van der Waals surface area contributed by atoms with Gasteiger partial charge in [0.1, 0.15) is 0 Å². The molecule has 0 aliphatic carbocycles. The number of hydrogen-bond acceptors (Lipinski definition) is 3. The highest BCUT2D eigenvalue weighted by Crippen LogP contribution is 2.26. The number of nitrogens with zero attached hydrogens (tertiary/aromatic N) is 2. The molecule has 4 nitrogen and oxygen atoms in total. The first-order chi connectivity index (χ1) is 8.20. The maximum atomic E-state index is 5.10. The Morgan fingerprint density at radius 1 is 1.59 bits per heavy atom. The third kappa shape index (κ3) is 4.41. The van der Waals surface area contributed by atoms with Crippen LogP contribution < -0.4 is 5.32 Å². The van der Waals surface area contributed by atoms with E-state index in [-0.39, 0.29) is 0 Å². The van der Waals surface area contributed by atoms with Gasteiger partial charge < -0.3 is 10.1 Å². The monoisotopic (exact) mass is 303 g/mol. The lowest BCUT2D eigenvalue weighted by Gasteiger charge is -2.15. The molecule has 0 spiro atoms. The van der Waals surface area contributed by atoms with Crippen LogP contribution >= 0.6 is 15.9 Å². The van der Waals surface area contributed by atoms with Crippen LogP contribution in [-0.4, -0.2) is 36.6 Å². The normalized spacial score (nSPS) is 12.9. The topological polar surface area (TPSA) is 39.1 Å². The van der Waals surface area contributed by atoms with Crippen molar-refractivity contribution in [3.8, 4) is 0 Å². The Bertz CT molecular complexity index is 328. The van der Waals surface area contributed by atoms with Gasteiger partial charge in [0, 0.05) is 13.0 Å². The number of ether oxygens (including phenoxy) is 1. The fourth-order valence-corrected chi connectivity index (χ4v) is 2.54. The summed E-state index contributed by atoms with van der Waals surface area (Å²) in [7, 11) is 1.72. The highest BCUT2D eigenvalue weighted by molar-refractivity contribution is 9.10. The van der Waals surface area contributed by atoms with Crippen molar-refractivity contribution in [2.45, 2.75) is 32.7 Å². The molecule has 98 valence electrons. The predicted octanol–water partition coefficient (Wildman–Crippen LogP) is 2.40. The molecule has 0 aromatic carbocycles. The minimum Gasteiger partial charge on any atom is -0.383 e. The summed E-state index contributed by atoms with van der Waals surface area (Å²) < 4.78 is 8.23. The second-order valence-electron chi connectivity index (χ2n) is 4.14. The van der Waals surface area contributed by atoms with Gasteiger partial charge in [0.15, 0.2) is 0 Å². The first-order valence-corrected chi connectivity index (χ1v) is 6.90. The summed E-state index contributed by atoms with van der Waals surface area (Å²) in [6.07, 6.45) is 2.99. The van der Waals surface area contributed by atoms with Crippen LogP contribution in [0.1, 0.15) is 31.9 Å². The van der Waals surface area contributed by atoms with Crippen LogP contribution in [-0.2, 0) is 11.3 Å². The van der Waals surface area contributed by atoms with Crippen molar-refractivity contribution >= 4 is 15.9 Å². The number of halogens is 1. The van der Waals surface area contributed by atoms with Crippen molar-refractivity contribution in [1.82, 2.24) is 15.1 Å². The van der Waals surface area contributed by atoms with E-state index in [4.69, 9.17) is 4.74 Å². The molecule has 1 N–H and O–H groups in total. The second-order valence-corrected chi connectivity index (χ2v) is 4.99. The third-order valence-corrected chi connectivity index (χ3v) is 3.42. The Morgan fingerprint density at radius 3 is 3.00 bits per heavy atom. The minimum atomic E-state index is 0.489. The maximum Gasteiger partial charge on any atom is 0.0658 e. The molecule has 0 radical (unpaired) electrons. The molecular formula is C12H22BrN3O. The van der Waals surface area contributed by atoms with Crippen LogP contribution in [0.25, 0.3) is 0 Å². The van der Waals surface area contributed by atoms with Gasteiger partial charge in [0.25, 0.3) is 0 Å². The average molecular weight is 304 g/mol. The van der Waals surface area contributed by atoms with E-state index in [9.17, 15) is 0 Å². The van der Waals surface area contributed by atoms with Gasteiger partial charge in [-0.25, -0.2) is 0 Å². The molecule has 1 aromatic rings. The molecule has 1 rings (SSSR count). The smallest absolute Gasteiger partial charge is 0.0658 e. The van der Waals surface area contributed by atoms with E-state index in [2.05, 4.69) is 40.2 Å². The first-order valence-electron chi connectivity index (χ1n) is 6.11. The summed E-state index contributed by atoms with van der Waals surface area (Å²) in [6, 6.07) is 0. The SMILES string of the molecule is CCNCCC(C)c1c(Br)cnn1CCOC. The van der Waals surface area contributed by atoms with Gasteiger partial charge in [-0.05, 0) is 35.4 Å². The van der Waals surface area contributed by atoms with Crippen LogP contribution in [0, 0.1) is 0 Å². The number of nitrogens with one attached hydrogen (secondary N) is 1. The fraction of sp³-hybridized carbons (Fsp3) is 0.750. The van der Waals surface area contributed by atoms with Gasteiger partial charge in [-0.3, -0.25) is 4.68 Å². The zero-order valence-corrected chi connectivity index (χ0v) is 12.5. The van der Waals surface area contributed by atoms with E-state index in [1.165, 1.54) is 5.69 Å². The van der Waals surface area contributed by atoms with E-state index in [0.29, 0.717) is 12.5 Å². The van der Waals surface area contributed by atoms with Gasteiger partial charge >= 0.3 is 0 Å². The molecule has 1 heterocycles. The summed E-state index contributed by atoms with van der Waals surface area (Å²) in [5.74, 6) is 0.489. The van der Waals surface area contributed by atoms with Crippen LogP contribution in [0.3, 0.4) is 0 Å². The number of aromatic nitrogens is 2. The first kappa shape index (κ1) is 14.7. The number of methoxy groups -OCH3 is 1. The van der Waals surface area contributed by atoms with Crippen LogP contribution in [0.15, 0.2) is 10.7 Å². The highest BCUT2D eigenvalue weighted by Gasteiger charge is 2.15. The van der Waals surface area contributed by atoms with Crippen molar-refractivity contribution in [2.24, 2.45) is 0 Å². The lowest BCUT2D eigenvalue weighted by Crippen LogP contribution is -2.18. The van der Waals surface area contributed by atoms with Crippen LogP contribution in [0.2, 0.25) is 0 Å². The second kappa shape index (κ2) is 7.84. The van der Waals surface area contributed by atoms with E-state index in [0.717, 1.165) is 30.5 Å². The van der Waals surface area contributed by atoms with Gasteiger partial charge in [-0.1, -0.05) is 13.8 Å². The standard InChI is InChI=1S/C12H22BrN3O/c1-4-14-6-5-10(2)12-11(13)9-15-16(12)7-8-17-3/h9-10,14H,4-8H2,1-3H3. The predicted molar refractivity (Wildman–Crippen MR) is 73.4 cm³/mol. The van der Waals surface area contributed by atoms with E-state index >= 15 is 0 Å². The van der Waals surface area contributed by atoms with Crippen molar-refractivity contribution in [3.05, 3.63) is 16.4 Å². The number of rotatable bonds is 8. The quantitative estimate of drug-likeness (QED) is 0.750. The summed E-state index contributed by atoms with van der Waals surface area (Å²) in [4.78, 5) is 0. The molecule has 0 fully saturated rings. The Morgan fingerprint density at radius 2 is 2.35 bits per heavy atom. The molecule has 1 unspecified atom stereocenters. The fourth-order valence-electron chi connectivity index (χ4n) is 1.85. The maximum absolute atomic E-state index is 5.10. The molecule has 5 heteroatoms. The van der Waals surface area contributed by atoms with Gasteiger partial charge in [-0.2, -0.15) is 5.10 Å². The van der Waals surface area contributed by atoms with E-state index in [1.54, 1.807) is 7.11 Å². The molecule has 0 saturated carbocycles. The average Bonchev–Trinajstić information content (AvgIpc) is 2.68. The van der Waals surface area contributed by atoms with E-state index in [1.807, 2.05) is 10.9 Å². The van der Waals surface area contributed by atoms with Gasteiger partial charge in [-0.15, -0.1) is 0 Å². The van der Waals surface area contributed by atoms with E-state index < -0.39 is 0 Å². The Labute approximate surface area is 112 Å². The van der Waals surface area contributed by atoms with Crippen LogP contribution in [0.5, 0.6) is 0 Å². The largest absolute Gasteiger partial charge is 0.383 e. The Balaban J connectivity index is 2.63. The number of hydrogen-bond donors (Lipinski definition) is 1. The molecule has 1 aromatic heterocycles. The molecule has 0 amide bonds. The van der Waals surface area contributed by atoms with Crippen molar-refractivity contribution in [3.63, 3.8) is 0 Å². The summed E-state index contributed by atoms with van der Waals surface area (Å²) in [5.41, 5.74) is 1.26. The highest BCUT2D eigenvalue weighted by atomic mass is 79.9. The van der Waals surface area contributed by atoms with Crippen molar-refractivity contribution in [2.75, 3.05) is 26.8 Å². The van der Waals surface area contributed by atoms with Crippen LogP contribution in [0.4, 0.5) is 0 Å². The molecule has 1 atom stereocenters.